The van der Waals surface area contributed by atoms with Gasteiger partial charge >= 0.3 is 0 Å². The van der Waals surface area contributed by atoms with E-state index in [1.807, 2.05) is 13.0 Å². The Balaban J connectivity index is 1.37. The molecule has 0 saturated carbocycles. The summed E-state index contributed by atoms with van der Waals surface area (Å²) in [5.41, 5.74) is 8.78. The van der Waals surface area contributed by atoms with E-state index in [-0.39, 0.29) is 36.3 Å². The molecule has 10 nitrogen and oxygen atoms in total. The molecule has 0 radical (unpaired) electrons. The highest BCUT2D eigenvalue weighted by Crippen LogP contribution is 2.35. The van der Waals surface area contributed by atoms with Crippen molar-refractivity contribution in [2.24, 2.45) is 0 Å². The summed E-state index contributed by atoms with van der Waals surface area (Å²) >= 11 is 0. The van der Waals surface area contributed by atoms with Gasteiger partial charge in [-0.25, -0.2) is 9.97 Å². The number of pyridine rings is 1. The molecule has 0 spiro atoms. The number of aryl methyl sites for hydroxylation is 2. The topological polar surface area (TPSA) is 155 Å². The van der Waals surface area contributed by atoms with E-state index in [1.54, 1.807) is 60.8 Å². The van der Waals surface area contributed by atoms with E-state index in [4.69, 9.17) is 5.73 Å². The van der Waals surface area contributed by atoms with E-state index in [2.05, 4.69) is 20.6 Å². The van der Waals surface area contributed by atoms with Crippen LogP contribution in [0.1, 0.15) is 46.5 Å². The lowest BCUT2D eigenvalue weighted by atomic mass is 9.90. The summed E-state index contributed by atoms with van der Waals surface area (Å²) in [7, 11) is 0. The normalized spacial score (nSPS) is 14.3. The number of amides is 1. The second-order valence-electron chi connectivity index (χ2n) is 9.58. The summed E-state index contributed by atoms with van der Waals surface area (Å²) in [5, 5.41) is 27.1. The summed E-state index contributed by atoms with van der Waals surface area (Å²) in [4.78, 5) is 35.2. The van der Waals surface area contributed by atoms with Crippen LogP contribution in [0.3, 0.4) is 0 Å². The quantitative estimate of drug-likeness (QED) is 0.235. The molecule has 5 rings (SSSR count). The molecule has 0 fully saturated rings. The molecule has 1 amide bonds. The fourth-order valence-electron chi connectivity index (χ4n) is 5.06. The molecule has 10 heteroatoms. The molecule has 0 unspecified atom stereocenters. The van der Waals surface area contributed by atoms with E-state index in [0.29, 0.717) is 35.5 Å². The predicted molar refractivity (Wildman–Crippen MR) is 148 cm³/mol. The molecule has 1 aliphatic rings. The predicted octanol–water partition coefficient (Wildman–Crippen LogP) is 2.99. The lowest BCUT2D eigenvalue weighted by Gasteiger charge is -2.21. The molecule has 0 saturated heterocycles. The van der Waals surface area contributed by atoms with Crippen LogP contribution in [0.25, 0.3) is 0 Å². The number of rotatable bonds is 8. The smallest absolute Gasteiger partial charge is 0.294 e. The number of phenolic OH excluding ortho intramolecular Hbond substituents is 2. The zero-order valence-electron chi connectivity index (χ0n) is 21.5. The number of nitrogens with two attached hydrogens (primary N) is 1. The van der Waals surface area contributed by atoms with Gasteiger partial charge in [-0.15, -0.1) is 0 Å². The summed E-state index contributed by atoms with van der Waals surface area (Å²) in [5.74, 6) is -0.0661. The van der Waals surface area contributed by atoms with Gasteiger partial charge in [0, 0.05) is 47.7 Å². The average molecular weight is 527 g/mol. The first-order valence-electron chi connectivity index (χ1n) is 12.7. The number of carbonyl (C=O) groups excluding carboxylic acids is 1. The number of aromatic hydroxyl groups is 2. The first kappa shape index (κ1) is 25.8. The van der Waals surface area contributed by atoms with Crippen molar-refractivity contribution in [2.75, 3.05) is 17.6 Å². The van der Waals surface area contributed by atoms with Crippen LogP contribution in [0, 0.1) is 6.92 Å². The van der Waals surface area contributed by atoms with Crippen LogP contribution in [-0.2, 0) is 17.8 Å². The molecule has 200 valence electrons. The van der Waals surface area contributed by atoms with Crippen molar-refractivity contribution in [3.8, 4) is 11.5 Å². The van der Waals surface area contributed by atoms with Gasteiger partial charge in [0.25, 0.3) is 5.56 Å². The molecule has 2 aromatic heterocycles. The van der Waals surface area contributed by atoms with Crippen LogP contribution < -0.4 is 21.9 Å². The number of hydrogen-bond acceptors (Lipinski definition) is 8. The Bertz CT molecular complexity index is 1540. The fraction of sp³-hybridized carbons (Fsp3) is 0.241. The Kier molecular flexibility index (Phi) is 7.18. The van der Waals surface area contributed by atoms with Gasteiger partial charge in [-0.2, -0.15) is 0 Å². The number of carbonyl (C=O) groups is 1. The SMILES string of the molecule is Cc1nc(N)ccc1CNC(=O)[C@@H]1CCc2cnc(NCC(c3ccccc3O)c3ccccc3O)c(=O)n21. The second kappa shape index (κ2) is 10.9. The molecule has 2 aromatic carbocycles. The van der Waals surface area contributed by atoms with E-state index in [0.717, 1.165) is 11.3 Å². The van der Waals surface area contributed by atoms with Crippen molar-refractivity contribution in [1.82, 2.24) is 19.9 Å². The van der Waals surface area contributed by atoms with Crippen LogP contribution in [0.15, 0.2) is 71.7 Å². The van der Waals surface area contributed by atoms with Crippen LogP contribution in [-0.4, -0.2) is 37.2 Å². The van der Waals surface area contributed by atoms with E-state index >= 15 is 0 Å². The number of phenols is 2. The maximum absolute atomic E-state index is 13.5. The number of benzene rings is 2. The lowest BCUT2D eigenvalue weighted by molar-refractivity contribution is -0.124. The maximum atomic E-state index is 13.5. The van der Waals surface area contributed by atoms with Crippen molar-refractivity contribution < 1.29 is 15.0 Å². The number of fused-ring (bicyclic) bond motifs is 1. The third-order valence-corrected chi connectivity index (χ3v) is 7.13. The summed E-state index contributed by atoms with van der Waals surface area (Å²) in [6, 6.07) is 16.6. The van der Waals surface area contributed by atoms with Crippen LogP contribution in [0.5, 0.6) is 11.5 Å². The Morgan fingerprint density at radius 2 is 1.74 bits per heavy atom. The van der Waals surface area contributed by atoms with Crippen molar-refractivity contribution in [1.29, 1.82) is 0 Å². The number of anilines is 2. The minimum absolute atomic E-state index is 0.0782. The summed E-state index contributed by atoms with van der Waals surface area (Å²) < 4.78 is 1.49. The highest BCUT2D eigenvalue weighted by molar-refractivity contribution is 5.81. The largest absolute Gasteiger partial charge is 0.508 e. The van der Waals surface area contributed by atoms with Gasteiger partial charge in [0.15, 0.2) is 5.82 Å². The average Bonchev–Trinajstić information content (AvgIpc) is 3.36. The van der Waals surface area contributed by atoms with Gasteiger partial charge in [-0.3, -0.25) is 14.2 Å². The van der Waals surface area contributed by atoms with E-state index < -0.39 is 17.5 Å². The molecule has 6 N–H and O–H groups in total. The van der Waals surface area contributed by atoms with Gasteiger partial charge in [0.2, 0.25) is 5.91 Å². The molecular formula is C29H30N6O4. The van der Waals surface area contributed by atoms with Crippen molar-refractivity contribution in [3.05, 3.63) is 105 Å². The van der Waals surface area contributed by atoms with Gasteiger partial charge < -0.3 is 26.6 Å². The molecule has 4 aromatic rings. The minimum Gasteiger partial charge on any atom is -0.508 e. The number of hydrogen-bond donors (Lipinski definition) is 5. The Morgan fingerprint density at radius 1 is 1.08 bits per heavy atom. The number of nitrogens with one attached hydrogen (secondary N) is 2. The summed E-state index contributed by atoms with van der Waals surface area (Å²) in [6.45, 7) is 2.28. The van der Waals surface area contributed by atoms with Crippen LogP contribution in [0.4, 0.5) is 11.6 Å². The summed E-state index contributed by atoms with van der Waals surface area (Å²) in [6.07, 6.45) is 2.66. The molecular weight excluding hydrogens is 496 g/mol. The van der Waals surface area contributed by atoms with Crippen molar-refractivity contribution in [3.63, 3.8) is 0 Å². The number of nitrogen functional groups attached to an aromatic ring is 1. The van der Waals surface area contributed by atoms with Gasteiger partial charge in [0.05, 0.1) is 0 Å². The molecule has 3 heterocycles. The third-order valence-electron chi connectivity index (χ3n) is 7.13. The fourth-order valence-corrected chi connectivity index (χ4v) is 5.06. The molecule has 39 heavy (non-hydrogen) atoms. The Labute approximate surface area is 225 Å². The van der Waals surface area contributed by atoms with Crippen molar-refractivity contribution in [2.45, 2.75) is 38.3 Å². The molecule has 1 aliphatic heterocycles. The minimum atomic E-state index is -0.662. The van der Waals surface area contributed by atoms with Gasteiger partial charge in [0.1, 0.15) is 23.4 Å². The molecule has 0 aliphatic carbocycles. The van der Waals surface area contributed by atoms with Crippen molar-refractivity contribution >= 4 is 17.5 Å². The monoisotopic (exact) mass is 526 g/mol. The standard InChI is InChI=1S/C29H30N6O4/c1-17-18(10-13-26(30)34-17)14-33-28(38)23-12-11-19-15-31-27(29(39)35(19)23)32-16-22(20-6-2-4-8-24(20)36)21-7-3-5-9-25(21)37/h2-10,13,15,22-23,36-37H,11-12,14,16H2,1H3,(H2,30,34)(H,31,32)(H,33,38)/t23-/m0/s1. The molecule has 0 bridgehead atoms. The maximum Gasteiger partial charge on any atom is 0.294 e. The first-order valence-corrected chi connectivity index (χ1v) is 12.7. The van der Waals surface area contributed by atoms with E-state index in [1.165, 1.54) is 4.57 Å². The Morgan fingerprint density at radius 3 is 2.38 bits per heavy atom. The van der Waals surface area contributed by atoms with E-state index in [9.17, 15) is 19.8 Å². The lowest BCUT2D eigenvalue weighted by Crippen LogP contribution is -2.36. The van der Waals surface area contributed by atoms with Gasteiger partial charge in [-0.05, 0) is 43.5 Å². The second-order valence-corrected chi connectivity index (χ2v) is 9.58. The zero-order chi connectivity index (χ0) is 27.5. The number of para-hydroxylation sites is 2. The number of aromatic nitrogens is 3. The van der Waals surface area contributed by atoms with Crippen LogP contribution in [0.2, 0.25) is 0 Å². The first-order chi connectivity index (χ1) is 18.8. The Hall–Kier alpha value is -4.86. The molecule has 1 atom stereocenters. The van der Waals surface area contributed by atoms with Crippen LogP contribution >= 0.6 is 0 Å². The third kappa shape index (κ3) is 5.26. The number of nitrogens with zero attached hydrogens (tertiary/aromatic N) is 3. The highest BCUT2D eigenvalue weighted by atomic mass is 16.3. The highest BCUT2D eigenvalue weighted by Gasteiger charge is 2.31. The van der Waals surface area contributed by atoms with Gasteiger partial charge in [-0.1, -0.05) is 42.5 Å². The zero-order valence-corrected chi connectivity index (χ0v) is 21.5.